The van der Waals surface area contributed by atoms with E-state index in [-0.39, 0.29) is 16.8 Å². The van der Waals surface area contributed by atoms with Gasteiger partial charge in [0, 0.05) is 30.1 Å². The van der Waals surface area contributed by atoms with Gasteiger partial charge in [-0.25, -0.2) is 9.97 Å². The largest absolute Gasteiger partial charge is 0.356 e. The zero-order chi connectivity index (χ0) is 17.1. The molecule has 0 aromatic carbocycles. The van der Waals surface area contributed by atoms with Gasteiger partial charge in [0.05, 0.1) is 5.57 Å². The third-order valence-electron chi connectivity index (χ3n) is 4.16. The number of nitriles is 1. The monoisotopic (exact) mass is 312 g/mol. The SMILES string of the molecule is CC(C)(C)C(=O)/C(C#N)=C\[C@]1(C)CCCN(c2ccncn2)C1. The van der Waals surface area contributed by atoms with Crippen LogP contribution >= 0.6 is 0 Å². The maximum Gasteiger partial charge on any atom is 0.178 e. The summed E-state index contributed by atoms with van der Waals surface area (Å²) < 4.78 is 0. The molecule has 0 spiro atoms. The quantitative estimate of drug-likeness (QED) is 0.633. The number of nitrogens with zero attached hydrogens (tertiary/aromatic N) is 4. The van der Waals surface area contributed by atoms with Gasteiger partial charge in [0.15, 0.2) is 5.78 Å². The van der Waals surface area contributed by atoms with Gasteiger partial charge in [0.1, 0.15) is 18.2 Å². The molecule has 1 saturated heterocycles. The third-order valence-corrected chi connectivity index (χ3v) is 4.16. The van der Waals surface area contributed by atoms with Gasteiger partial charge in [-0.15, -0.1) is 0 Å². The van der Waals surface area contributed by atoms with Crippen molar-refractivity contribution < 1.29 is 4.79 Å². The summed E-state index contributed by atoms with van der Waals surface area (Å²) in [6.45, 7) is 9.31. The van der Waals surface area contributed by atoms with Crippen LogP contribution in [0.4, 0.5) is 5.82 Å². The second-order valence-corrected chi connectivity index (χ2v) is 7.50. The molecule has 1 aromatic heterocycles. The standard InChI is InChI=1S/C18H24N4O/c1-17(2,3)16(23)14(11-19)10-18(4)7-5-9-22(12-18)15-6-8-20-13-21-15/h6,8,10,13H,5,7,9,12H2,1-4H3/b14-10-/t18-/m0/s1. The highest BCUT2D eigenvalue weighted by atomic mass is 16.1. The van der Waals surface area contributed by atoms with E-state index in [2.05, 4.69) is 27.9 Å². The molecule has 5 nitrogen and oxygen atoms in total. The predicted molar refractivity (Wildman–Crippen MR) is 89.7 cm³/mol. The second-order valence-electron chi connectivity index (χ2n) is 7.50. The summed E-state index contributed by atoms with van der Waals surface area (Å²) in [5.74, 6) is 0.792. The fraction of sp³-hybridized carbons (Fsp3) is 0.556. The van der Waals surface area contributed by atoms with E-state index in [1.54, 1.807) is 12.5 Å². The molecule has 122 valence electrons. The van der Waals surface area contributed by atoms with E-state index in [9.17, 15) is 10.1 Å². The van der Waals surface area contributed by atoms with Crippen molar-refractivity contribution >= 4 is 11.6 Å². The van der Waals surface area contributed by atoms with E-state index in [0.717, 1.165) is 31.7 Å². The summed E-state index contributed by atoms with van der Waals surface area (Å²) in [5, 5.41) is 9.41. The molecular weight excluding hydrogens is 288 g/mol. The van der Waals surface area contributed by atoms with Crippen molar-refractivity contribution in [1.82, 2.24) is 9.97 Å². The smallest absolute Gasteiger partial charge is 0.178 e. The lowest BCUT2D eigenvalue weighted by molar-refractivity contribution is -0.122. The molecular formula is C18H24N4O. The lowest BCUT2D eigenvalue weighted by Gasteiger charge is -2.39. The van der Waals surface area contributed by atoms with Crippen molar-refractivity contribution in [3.8, 4) is 6.07 Å². The molecule has 0 saturated carbocycles. The van der Waals surface area contributed by atoms with Crippen LogP contribution in [0.1, 0.15) is 40.5 Å². The molecule has 1 aliphatic heterocycles. The summed E-state index contributed by atoms with van der Waals surface area (Å²) in [6.07, 6.45) is 7.10. The Hall–Kier alpha value is -2.22. The van der Waals surface area contributed by atoms with Crippen LogP contribution < -0.4 is 4.90 Å². The summed E-state index contributed by atoms with van der Waals surface area (Å²) in [7, 11) is 0. The van der Waals surface area contributed by atoms with Gasteiger partial charge in [0.2, 0.25) is 0 Å². The Kier molecular flexibility index (Phi) is 4.84. The number of hydrogen-bond donors (Lipinski definition) is 0. The fourth-order valence-electron chi connectivity index (χ4n) is 2.95. The Balaban J connectivity index is 2.25. The lowest BCUT2D eigenvalue weighted by Crippen LogP contribution is -2.41. The molecule has 5 heteroatoms. The molecule has 0 unspecified atom stereocenters. The first-order valence-corrected chi connectivity index (χ1v) is 7.94. The molecule has 0 amide bonds. The Morgan fingerprint density at radius 1 is 1.48 bits per heavy atom. The molecule has 1 aliphatic rings. The summed E-state index contributed by atoms with van der Waals surface area (Å²) in [4.78, 5) is 22.9. The van der Waals surface area contributed by atoms with E-state index in [1.165, 1.54) is 0 Å². The Labute approximate surface area is 138 Å². The lowest BCUT2D eigenvalue weighted by atomic mass is 9.77. The first-order valence-electron chi connectivity index (χ1n) is 7.94. The number of carbonyl (C=O) groups excluding carboxylic acids is 1. The molecule has 0 aliphatic carbocycles. The number of ketones is 1. The highest BCUT2D eigenvalue weighted by Gasteiger charge is 2.33. The maximum absolute atomic E-state index is 12.4. The van der Waals surface area contributed by atoms with Crippen molar-refractivity contribution in [2.45, 2.75) is 40.5 Å². The second kappa shape index (κ2) is 6.49. The Morgan fingerprint density at radius 3 is 2.78 bits per heavy atom. The highest BCUT2D eigenvalue weighted by molar-refractivity contribution is 6.02. The number of rotatable bonds is 3. The van der Waals surface area contributed by atoms with Crippen molar-refractivity contribution in [3.05, 3.63) is 30.2 Å². The van der Waals surface area contributed by atoms with Gasteiger partial charge >= 0.3 is 0 Å². The molecule has 1 fully saturated rings. The number of hydrogen-bond acceptors (Lipinski definition) is 5. The summed E-state index contributed by atoms with van der Waals surface area (Å²) in [6, 6.07) is 3.99. The minimum Gasteiger partial charge on any atom is -0.356 e. The van der Waals surface area contributed by atoms with E-state index in [0.29, 0.717) is 0 Å². The van der Waals surface area contributed by atoms with Crippen LogP contribution in [0.5, 0.6) is 0 Å². The topological polar surface area (TPSA) is 69.9 Å². The minimum atomic E-state index is -0.543. The molecule has 0 radical (unpaired) electrons. The van der Waals surface area contributed by atoms with Crippen LogP contribution in [-0.2, 0) is 4.79 Å². The van der Waals surface area contributed by atoms with Crippen molar-refractivity contribution in [2.24, 2.45) is 10.8 Å². The molecule has 2 rings (SSSR count). The first-order chi connectivity index (χ1) is 10.7. The number of carbonyl (C=O) groups is 1. The first kappa shape index (κ1) is 17.1. The average Bonchev–Trinajstić information content (AvgIpc) is 2.52. The van der Waals surface area contributed by atoms with Gasteiger partial charge in [-0.3, -0.25) is 4.79 Å². The van der Waals surface area contributed by atoms with Gasteiger partial charge < -0.3 is 4.90 Å². The van der Waals surface area contributed by atoms with Crippen molar-refractivity contribution in [2.75, 3.05) is 18.0 Å². The molecule has 1 aromatic rings. The van der Waals surface area contributed by atoms with E-state index in [1.807, 2.05) is 32.9 Å². The fourth-order valence-corrected chi connectivity index (χ4v) is 2.95. The summed E-state index contributed by atoms with van der Waals surface area (Å²) in [5.41, 5.74) is -0.488. The van der Waals surface area contributed by atoms with Crippen LogP contribution in [0.25, 0.3) is 0 Å². The van der Waals surface area contributed by atoms with Crippen LogP contribution in [0.15, 0.2) is 30.2 Å². The molecule has 1 atom stereocenters. The average molecular weight is 312 g/mol. The van der Waals surface area contributed by atoms with Crippen LogP contribution in [0.2, 0.25) is 0 Å². The van der Waals surface area contributed by atoms with Crippen LogP contribution in [0, 0.1) is 22.2 Å². The number of anilines is 1. The zero-order valence-electron chi connectivity index (χ0n) is 14.3. The molecule has 23 heavy (non-hydrogen) atoms. The van der Waals surface area contributed by atoms with Crippen LogP contribution in [0.3, 0.4) is 0 Å². The number of aromatic nitrogens is 2. The number of piperidine rings is 1. The minimum absolute atomic E-state index is 0.0969. The van der Waals surface area contributed by atoms with E-state index < -0.39 is 5.41 Å². The number of Topliss-reactive ketones (excluding diaryl/α,β-unsaturated/α-hetero) is 1. The Bertz CT molecular complexity index is 639. The molecule has 0 N–H and O–H groups in total. The van der Waals surface area contributed by atoms with E-state index >= 15 is 0 Å². The maximum atomic E-state index is 12.4. The molecule has 2 heterocycles. The third kappa shape index (κ3) is 4.16. The highest BCUT2D eigenvalue weighted by Crippen LogP contribution is 2.34. The number of allylic oxidation sites excluding steroid dienone is 1. The summed E-state index contributed by atoms with van der Waals surface area (Å²) >= 11 is 0. The predicted octanol–water partition coefficient (Wildman–Crippen LogP) is 3.15. The Morgan fingerprint density at radius 2 is 2.22 bits per heavy atom. The van der Waals surface area contributed by atoms with Gasteiger partial charge in [-0.1, -0.05) is 33.8 Å². The normalized spacial score (nSPS) is 22.6. The van der Waals surface area contributed by atoms with Gasteiger partial charge in [-0.05, 0) is 18.9 Å². The van der Waals surface area contributed by atoms with Crippen molar-refractivity contribution in [3.63, 3.8) is 0 Å². The zero-order valence-corrected chi connectivity index (χ0v) is 14.3. The van der Waals surface area contributed by atoms with Gasteiger partial charge in [0.25, 0.3) is 0 Å². The van der Waals surface area contributed by atoms with Crippen LogP contribution in [-0.4, -0.2) is 28.8 Å². The van der Waals surface area contributed by atoms with Gasteiger partial charge in [-0.2, -0.15) is 5.26 Å². The molecule has 0 bridgehead atoms. The van der Waals surface area contributed by atoms with E-state index in [4.69, 9.17) is 0 Å². The van der Waals surface area contributed by atoms with Crippen molar-refractivity contribution in [1.29, 1.82) is 5.26 Å².